The lowest BCUT2D eigenvalue weighted by Gasteiger charge is -2.14. The number of nitrogens with one attached hydrogen (secondary N) is 1. The summed E-state index contributed by atoms with van der Waals surface area (Å²) in [6.45, 7) is 2.14. The van der Waals surface area contributed by atoms with Gasteiger partial charge in [0.2, 0.25) is 0 Å². The van der Waals surface area contributed by atoms with Crippen LogP contribution in [-0.2, 0) is 0 Å². The molecule has 0 amide bonds. The lowest BCUT2D eigenvalue weighted by molar-refractivity contribution is 0.693. The summed E-state index contributed by atoms with van der Waals surface area (Å²) < 4.78 is 0. The molecule has 1 atom stereocenters. The zero-order valence-corrected chi connectivity index (χ0v) is 8.75. The number of aromatic nitrogens is 2. The summed E-state index contributed by atoms with van der Waals surface area (Å²) in [6.07, 6.45) is 2.58. The van der Waals surface area contributed by atoms with Crippen molar-refractivity contribution in [3.8, 4) is 0 Å². The van der Waals surface area contributed by atoms with E-state index in [9.17, 15) is 0 Å². The van der Waals surface area contributed by atoms with Crippen LogP contribution in [0, 0.1) is 5.92 Å². The Morgan fingerprint density at radius 2 is 2.29 bits per heavy atom. The molecule has 1 saturated carbocycles. The van der Waals surface area contributed by atoms with Crippen molar-refractivity contribution < 1.29 is 0 Å². The molecule has 0 radical (unpaired) electrons. The van der Waals surface area contributed by atoms with Crippen LogP contribution in [0.3, 0.4) is 0 Å². The Labute approximate surface area is 87.9 Å². The third kappa shape index (κ3) is 2.07. The number of nitrogens with two attached hydrogens (primary N) is 1. The number of nitrogens with zero attached hydrogens (tertiary/aromatic N) is 2. The van der Waals surface area contributed by atoms with E-state index < -0.39 is 0 Å². The van der Waals surface area contributed by atoms with Crippen LogP contribution >= 0.6 is 11.6 Å². The standard InChI is InChI=1S/C9H13ClN4/c1-5(6-2-3-6)12-7-4-8(10)13-14-9(7)11/h4-6H,2-3H2,1H3,(H2,11,14)(H,12,13)/t5-/m0/s1. The van der Waals surface area contributed by atoms with Crippen molar-refractivity contribution in [3.63, 3.8) is 0 Å². The SMILES string of the molecule is C[C@H](Nc1cc(Cl)nnc1N)C1CC1. The van der Waals surface area contributed by atoms with E-state index in [4.69, 9.17) is 17.3 Å². The summed E-state index contributed by atoms with van der Waals surface area (Å²) in [5.41, 5.74) is 6.45. The Kier molecular flexibility index (Phi) is 2.46. The molecular weight excluding hydrogens is 200 g/mol. The van der Waals surface area contributed by atoms with Crippen molar-refractivity contribution in [2.24, 2.45) is 5.92 Å². The maximum absolute atomic E-state index is 5.73. The smallest absolute Gasteiger partial charge is 0.169 e. The molecule has 1 aliphatic carbocycles. The van der Waals surface area contributed by atoms with Crippen molar-refractivity contribution in [1.82, 2.24) is 10.2 Å². The highest BCUT2D eigenvalue weighted by Crippen LogP contribution is 2.34. The number of hydrogen-bond donors (Lipinski definition) is 2. The normalized spacial score (nSPS) is 17.9. The van der Waals surface area contributed by atoms with Gasteiger partial charge in [0, 0.05) is 12.1 Å². The minimum absolute atomic E-state index is 0.365. The van der Waals surface area contributed by atoms with Crippen LogP contribution in [0.15, 0.2) is 6.07 Å². The van der Waals surface area contributed by atoms with E-state index in [0.29, 0.717) is 17.0 Å². The second-order valence-corrected chi connectivity index (χ2v) is 4.12. The average Bonchev–Trinajstić information content (AvgIpc) is 2.94. The lowest BCUT2D eigenvalue weighted by atomic mass is 10.2. The van der Waals surface area contributed by atoms with Gasteiger partial charge < -0.3 is 11.1 Å². The zero-order valence-electron chi connectivity index (χ0n) is 8.00. The van der Waals surface area contributed by atoms with Gasteiger partial charge in [-0.25, -0.2) is 0 Å². The molecule has 1 aromatic rings. The molecule has 1 aliphatic rings. The molecule has 0 aromatic carbocycles. The number of anilines is 2. The van der Waals surface area contributed by atoms with Crippen LogP contribution in [0.2, 0.25) is 5.15 Å². The summed E-state index contributed by atoms with van der Waals surface area (Å²) >= 11 is 5.73. The molecule has 3 N–H and O–H groups in total. The van der Waals surface area contributed by atoms with Crippen LogP contribution < -0.4 is 11.1 Å². The number of nitrogen functional groups attached to an aromatic ring is 1. The van der Waals surface area contributed by atoms with Gasteiger partial charge in [-0.3, -0.25) is 0 Å². The molecule has 2 rings (SSSR count). The van der Waals surface area contributed by atoms with Crippen molar-refractivity contribution in [1.29, 1.82) is 0 Å². The second-order valence-electron chi connectivity index (χ2n) is 3.74. The summed E-state index contributed by atoms with van der Waals surface area (Å²) in [5, 5.41) is 11.1. The van der Waals surface area contributed by atoms with Gasteiger partial charge in [-0.05, 0) is 25.7 Å². The van der Waals surface area contributed by atoms with Gasteiger partial charge in [0.15, 0.2) is 11.0 Å². The highest BCUT2D eigenvalue weighted by molar-refractivity contribution is 6.29. The first-order valence-electron chi connectivity index (χ1n) is 4.72. The molecule has 0 bridgehead atoms. The molecule has 5 heteroatoms. The van der Waals surface area contributed by atoms with Gasteiger partial charge in [0.05, 0.1) is 5.69 Å². The Morgan fingerprint density at radius 3 is 2.93 bits per heavy atom. The van der Waals surface area contributed by atoms with Crippen molar-refractivity contribution >= 4 is 23.1 Å². The molecule has 4 nitrogen and oxygen atoms in total. The van der Waals surface area contributed by atoms with Crippen LogP contribution in [0.5, 0.6) is 0 Å². The summed E-state index contributed by atoms with van der Waals surface area (Å²) in [5.74, 6) is 1.17. The fourth-order valence-corrected chi connectivity index (χ4v) is 1.60. The highest BCUT2D eigenvalue weighted by Gasteiger charge is 2.28. The molecule has 0 spiro atoms. The minimum atomic E-state index is 0.365. The van der Waals surface area contributed by atoms with E-state index in [1.807, 2.05) is 0 Å². The predicted molar refractivity (Wildman–Crippen MR) is 57.3 cm³/mol. The molecule has 1 fully saturated rings. The number of halogens is 1. The van der Waals surface area contributed by atoms with Gasteiger partial charge in [-0.1, -0.05) is 11.6 Å². The average molecular weight is 213 g/mol. The molecule has 0 aliphatic heterocycles. The van der Waals surface area contributed by atoms with Crippen LogP contribution in [0.1, 0.15) is 19.8 Å². The summed E-state index contributed by atoms with van der Waals surface area (Å²) in [6, 6.07) is 2.14. The first kappa shape index (κ1) is 9.52. The third-order valence-electron chi connectivity index (χ3n) is 2.50. The topological polar surface area (TPSA) is 63.8 Å². The molecule has 1 aromatic heterocycles. The first-order chi connectivity index (χ1) is 6.66. The molecular formula is C9H13ClN4. The number of hydrogen-bond acceptors (Lipinski definition) is 4. The quantitative estimate of drug-likeness (QED) is 0.804. The summed E-state index contributed by atoms with van der Waals surface area (Å²) in [7, 11) is 0. The van der Waals surface area contributed by atoms with Gasteiger partial charge in [-0.2, -0.15) is 0 Å². The van der Waals surface area contributed by atoms with Gasteiger partial charge in [0.1, 0.15) is 0 Å². The lowest BCUT2D eigenvalue weighted by Crippen LogP contribution is -2.18. The number of rotatable bonds is 3. The van der Waals surface area contributed by atoms with Crippen molar-refractivity contribution in [2.45, 2.75) is 25.8 Å². The molecule has 76 valence electrons. The molecule has 0 unspecified atom stereocenters. The van der Waals surface area contributed by atoms with E-state index in [1.54, 1.807) is 6.07 Å². The Bertz CT molecular complexity index is 338. The van der Waals surface area contributed by atoms with Crippen molar-refractivity contribution in [2.75, 3.05) is 11.1 Å². The fraction of sp³-hybridized carbons (Fsp3) is 0.556. The Hall–Kier alpha value is -1.03. The predicted octanol–water partition coefficient (Wildman–Crippen LogP) is 1.92. The van der Waals surface area contributed by atoms with E-state index in [-0.39, 0.29) is 0 Å². The molecule has 0 saturated heterocycles. The van der Waals surface area contributed by atoms with E-state index in [2.05, 4.69) is 22.4 Å². The largest absolute Gasteiger partial charge is 0.380 e. The van der Waals surface area contributed by atoms with Gasteiger partial charge in [0.25, 0.3) is 0 Å². The van der Waals surface area contributed by atoms with Crippen LogP contribution in [-0.4, -0.2) is 16.2 Å². The van der Waals surface area contributed by atoms with E-state index in [0.717, 1.165) is 11.6 Å². The summed E-state index contributed by atoms with van der Waals surface area (Å²) in [4.78, 5) is 0. The fourth-order valence-electron chi connectivity index (χ4n) is 1.45. The zero-order chi connectivity index (χ0) is 10.1. The third-order valence-corrected chi connectivity index (χ3v) is 2.69. The molecule has 1 heterocycles. The van der Waals surface area contributed by atoms with Crippen molar-refractivity contribution in [3.05, 3.63) is 11.2 Å². The maximum atomic E-state index is 5.73. The minimum Gasteiger partial charge on any atom is -0.380 e. The Balaban J connectivity index is 2.10. The van der Waals surface area contributed by atoms with Gasteiger partial charge in [-0.15, -0.1) is 10.2 Å². The van der Waals surface area contributed by atoms with Gasteiger partial charge >= 0.3 is 0 Å². The van der Waals surface area contributed by atoms with E-state index in [1.165, 1.54) is 12.8 Å². The maximum Gasteiger partial charge on any atom is 0.169 e. The second kappa shape index (κ2) is 3.61. The van der Waals surface area contributed by atoms with Crippen LogP contribution in [0.4, 0.5) is 11.5 Å². The molecule has 14 heavy (non-hydrogen) atoms. The van der Waals surface area contributed by atoms with Crippen LogP contribution in [0.25, 0.3) is 0 Å². The first-order valence-corrected chi connectivity index (χ1v) is 5.10. The Morgan fingerprint density at radius 1 is 1.57 bits per heavy atom. The monoisotopic (exact) mass is 212 g/mol. The highest BCUT2D eigenvalue weighted by atomic mass is 35.5. The van der Waals surface area contributed by atoms with E-state index >= 15 is 0 Å².